The Balaban J connectivity index is 1.29. The first kappa shape index (κ1) is 22.4. The molecular formula is C26H24N4O5. The maximum Gasteiger partial charge on any atom is 0.325 e. The second-order valence-corrected chi connectivity index (χ2v) is 8.89. The minimum atomic E-state index is -1.27. The van der Waals surface area contributed by atoms with Crippen LogP contribution < -0.4 is 20.7 Å². The third-order valence-electron chi connectivity index (χ3n) is 6.42. The van der Waals surface area contributed by atoms with Gasteiger partial charge in [-0.1, -0.05) is 42.5 Å². The predicted molar refractivity (Wildman–Crippen MR) is 129 cm³/mol. The number of amides is 5. The summed E-state index contributed by atoms with van der Waals surface area (Å²) in [6.45, 7) is 2.96. The van der Waals surface area contributed by atoms with Gasteiger partial charge in [0.2, 0.25) is 5.91 Å². The van der Waals surface area contributed by atoms with Crippen LogP contribution in [0.5, 0.6) is 5.75 Å². The highest BCUT2D eigenvalue weighted by atomic mass is 16.5. The van der Waals surface area contributed by atoms with Gasteiger partial charge in [0, 0.05) is 0 Å². The fourth-order valence-electron chi connectivity index (χ4n) is 4.42. The van der Waals surface area contributed by atoms with E-state index in [0.29, 0.717) is 17.0 Å². The van der Waals surface area contributed by atoms with Gasteiger partial charge in [-0.3, -0.25) is 19.3 Å². The average Bonchev–Trinajstić information content (AvgIpc) is 3.06. The van der Waals surface area contributed by atoms with E-state index in [-0.39, 0.29) is 12.5 Å². The molecule has 9 nitrogen and oxygen atoms in total. The zero-order valence-corrected chi connectivity index (χ0v) is 19.3. The summed E-state index contributed by atoms with van der Waals surface area (Å²) < 4.78 is 5.36. The van der Waals surface area contributed by atoms with Crippen LogP contribution in [-0.4, -0.2) is 41.8 Å². The Morgan fingerprint density at radius 3 is 2.66 bits per heavy atom. The number of nitrogens with zero attached hydrogens (tertiary/aromatic N) is 1. The molecule has 0 spiro atoms. The monoisotopic (exact) mass is 472 g/mol. The van der Waals surface area contributed by atoms with Crippen molar-refractivity contribution in [3.05, 3.63) is 71.8 Å². The van der Waals surface area contributed by atoms with Crippen molar-refractivity contribution in [2.45, 2.75) is 25.4 Å². The number of carbonyl (C=O) groups excluding carboxylic acids is 4. The lowest BCUT2D eigenvalue weighted by molar-refractivity contribution is -0.135. The molecule has 0 radical (unpaired) electrons. The van der Waals surface area contributed by atoms with Gasteiger partial charge >= 0.3 is 6.03 Å². The first-order valence-corrected chi connectivity index (χ1v) is 11.2. The maximum atomic E-state index is 13.3. The first-order valence-electron chi connectivity index (χ1n) is 11.2. The molecule has 1 fully saturated rings. The van der Waals surface area contributed by atoms with Gasteiger partial charge in [0.1, 0.15) is 17.8 Å². The molecule has 3 N–H and O–H groups in total. The highest BCUT2D eigenvalue weighted by molar-refractivity contribution is 6.09. The van der Waals surface area contributed by atoms with Crippen LogP contribution in [0.15, 0.2) is 60.7 Å². The van der Waals surface area contributed by atoms with Crippen LogP contribution in [0.2, 0.25) is 0 Å². The van der Waals surface area contributed by atoms with Crippen molar-refractivity contribution >= 4 is 40.2 Å². The maximum absolute atomic E-state index is 13.3. The van der Waals surface area contributed by atoms with Gasteiger partial charge in [-0.15, -0.1) is 0 Å². The lowest BCUT2D eigenvalue weighted by Gasteiger charge is -2.23. The number of nitrogens with one attached hydrogen (secondary N) is 3. The van der Waals surface area contributed by atoms with Crippen molar-refractivity contribution in [3.8, 4) is 5.75 Å². The molecule has 1 saturated heterocycles. The molecule has 3 aromatic rings. The minimum Gasteiger partial charge on any atom is -0.482 e. The van der Waals surface area contributed by atoms with Crippen LogP contribution in [0.4, 0.5) is 10.5 Å². The highest BCUT2D eigenvalue weighted by Crippen LogP contribution is 2.32. The van der Waals surface area contributed by atoms with E-state index in [1.807, 2.05) is 42.5 Å². The van der Waals surface area contributed by atoms with Gasteiger partial charge in [-0.2, -0.15) is 0 Å². The number of anilines is 1. The van der Waals surface area contributed by atoms with Crippen LogP contribution in [-0.2, 0) is 19.9 Å². The molecule has 2 atom stereocenters. The van der Waals surface area contributed by atoms with E-state index in [2.05, 4.69) is 16.0 Å². The number of rotatable bonds is 5. The summed E-state index contributed by atoms with van der Waals surface area (Å²) in [5.74, 6) is -0.672. The molecule has 2 aliphatic rings. The quantitative estimate of drug-likeness (QED) is 0.494. The molecule has 9 heteroatoms. The number of ether oxygens (including phenoxy) is 1. The Morgan fingerprint density at radius 1 is 1.09 bits per heavy atom. The van der Waals surface area contributed by atoms with Crippen LogP contribution in [0.3, 0.4) is 0 Å². The number of carbonyl (C=O) groups is 4. The largest absolute Gasteiger partial charge is 0.482 e. The van der Waals surface area contributed by atoms with Crippen molar-refractivity contribution < 1.29 is 23.9 Å². The number of benzene rings is 3. The second kappa shape index (κ2) is 8.43. The second-order valence-electron chi connectivity index (χ2n) is 8.89. The molecule has 178 valence electrons. The lowest BCUT2D eigenvalue weighted by atomic mass is 9.90. The molecular weight excluding hydrogens is 448 g/mol. The third kappa shape index (κ3) is 4.05. The van der Waals surface area contributed by atoms with Crippen molar-refractivity contribution in [3.63, 3.8) is 0 Å². The fraction of sp³-hybridized carbons (Fsp3) is 0.231. The molecule has 0 bridgehead atoms. The summed E-state index contributed by atoms with van der Waals surface area (Å²) in [5, 5.41) is 10.3. The Kier molecular flexibility index (Phi) is 5.39. The summed E-state index contributed by atoms with van der Waals surface area (Å²) in [7, 11) is 0. The molecule has 0 unspecified atom stereocenters. The molecule has 0 aliphatic carbocycles. The summed E-state index contributed by atoms with van der Waals surface area (Å²) in [5.41, 5.74) is 0.634. The fourth-order valence-corrected chi connectivity index (χ4v) is 4.42. The molecule has 35 heavy (non-hydrogen) atoms. The molecule has 2 heterocycles. The van der Waals surface area contributed by atoms with Crippen LogP contribution in [0.1, 0.15) is 31.0 Å². The SMILES string of the molecule is C[C@H](NC(=O)CN1C(=O)N[C@](C)(c2ccc3ccccc3c2)C1=O)c1ccc2c(c1)NC(=O)CO2. The summed E-state index contributed by atoms with van der Waals surface area (Å²) >= 11 is 0. The van der Waals surface area contributed by atoms with Crippen molar-refractivity contribution in [2.24, 2.45) is 0 Å². The van der Waals surface area contributed by atoms with Crippen molar-refractivity contribution in [2.75, 3.05) is 18.5 Å². The summed E-state index contributed by atoms with van der Waals surface area (Å²) in [4.78, 5) is 51.2. The van der Waals surface area contributed by atoms with E-state index < -0.39 is 36.0 Å². The van der Waals surface area contributed by atoms with E-state index in [4.69, 9.17) is 4.74 Å². The Labute approximate surface area is 201 Å². The Bertz CT molecular complexity index is 1390. The number of fused-ring (bicyclic) bond motifs is 2. The minimum absolute atomic E-state index is 0.0390. The molecule has 2 aliphatic heterocycles. The van der Waals surface area contributed by atoms with Crippen LogP contribution in [0, 0.1) is 0 Å². The normalized spacial score (nSPS) is 20.1. The third-order valence-corrected chi connectivity index (χ3v) is 6.42. The predicted octanol–water partition coefficient (Wildman–Crippen LogP) is 2.82. The highest BCUT2D eigenvalue weighted by Gasteiger charge is 2.49. The van der Waals surface area contributed by atoms with Gasteiger partial charge in [-0.25, -0.2) is 4.79 Å². The van der Waals surface area contributed by atoms with Crippen molar-refractivity contribution in [1.82, 2.24) is 15.5 Å². The molecule has 5 amide bonds. The number of hydrogen-bond acceptors (Lipinski definition) is 5. The van der Waals surface area contributed by atoms with Gasteiger partial charge in [0.15, 0.2) is 6.61 Å². The average molecular weight is 473 g/mol. The standard InChI is InChI=1S/C26H24N4O5/c1-15(17-8-10-21-20(12-17)28-23(32)14-35-21)27-22(31)13-30-24(33)26(2,29-25(30)34)19-9-7-16-5-3-4-6-18(16)11-19/h3-12,15H,13-14H2,1-2H3,(H,27,31)(H,28,32)(H,29,34)/t15-,26+/m0/s1. The smallest absolute Gasteiger partial charge is 0.325 e. The van der Waals surface area contributed by atoms with Crippen LogP contribution >= 0.6 is 0 Å². The zero-order valence-electron chi connectivity index (χ0n) is 19.3. The topological polar surface area (TPSA) is 117 Å². The Morgan fingerprint density at radius 2 is 1.86 bits per heavy atom. The van der Waals surface area contributed by atoms with E-state index in [9.17, 15) is 19.2 Å². The Hall–Kier alpha value is -4.40. The van der Waals surface area contributed by atoms with Gasteiger partial charge < -0.3 is 20.7 Å². The number of urea groups is 1. The lowest BCUT2D eigenvalue weighted by Crippen LogP contribution is -2.43. The zero-order chi connectivity index (χ0) is 24.7. The molecule has 0 aromatic heterocycles. The van der Waals surface area contributed by atoms with Crippen LogP contribution in [0.25, 0.3) is 10.8 Å². The van der Waals surface area contributed by atoms with Gasteiger partial charge in [0.25, 0.3) is 11.8 Å². The van der Waals surface area contributed by atoms with E-state index in [0.717, 1.165) is 21.2 Å². The van der Waals surface area contributed by atoms with E-state index in [1.54, 1.807) is 32.0 Å². The summed E-state index contributed by atoms with van der Waals surface area (Å²) in [6.07, 6.45) is 0. The first-order chi connectivity index (χ1) is 16.7. The van der Waals surface area contributed by atoms with E-state index in [1.165, 1.54) is 0 Å². The summed E-state index contributed by atoms with van der Waals surface area (Å²) in [6, 6.07) is 17.5. The molecule has 3 aromatic carbocycles. The van der Waals surface area contributed by atoms with Crippen molar-refractivity contribution in [1.29, 1.82) is 0 Å². The van der Waals surface area contributed by atoms with E-state index >= 15 is 0 Å². The van der Waals surface area contributed by atoms with Gasteiger partial charge in [-0.05, 0) is 53.9 Å². The number of hydrogen-bond donors (Lipinski definition) is 3. The number of imide groups is 1. The van der Waals surface area contributed by atoms with Gasteiger partial charge in [0.05, 0.1) is 11.7 Å². The molecule has 0 saturated carbocycles. The molecule has 5 rings (SSSR count).